The summed E-state index contributed by atoms with van der Waals surface area (Å²) in [5.74, 6) is 0.108. The molecule has 0 amide bonds. The standard InChI is InChI=1S/C26H24Cl3NO3/c1-5-18-22(15-6-8-16(27)9-7-15)24(19-11-10-17(28)12-20(19)29)30-25-23(18)21(32-14(2)31)13-26(3,4)33-25/h6-12,21H,5,13H2,1-4H3. The smallest absolute Gasteiger partial charge is 0.303 e. The highest BCUT2D eigenvalue weighted by molar-refractivity contribution is 6.36. The first-order chi connectivity index (χ1) is 15.6. The van der Waals surface area contributed by atoms with Crippen molar-refractivity contribution in [2.24, 2.45) is 0 Å². The van der Waals surface area contributed by atoms with Crippen LogP contribution in [0.3, 0.4) is 0 Å². The van der Waals surface area contributed by atoms with Crippen LogP contribution in [-0.4, -0.2) is 16.6 Å². The van der Waals surface area contributed by atoms with E-state index in [4.69, 9.17) is 49.3 Å². The molecule has 2 heterocycles. The Morgan fingerprint density at radius 2 is 1.79 bits per heavy atom. The zero-order chi connectivity index (χ0) is 23.9. The number of halogens is 3. The van der Waals surface area contributed by atoms with E-state index in [1.807, 2.05) is 44.2 Å². The van der Waals surface area contributed by atoms with E-state index in [0.717, 1.165) is 27.8 Å². The van der Waals surface area contributed by atoms with Crippen LogP contribution in [0.15, 0.2) is 42.5 Å². The van der Waals surface area contributed by atoms with E-state index in [-0.39, 0.29) is 5.97 Å². The van der Waals surface area contributed by atoms with Crippen molar-refractivity contribution in [2.75, 3.05) is 0 Å². The van der Waals surface area contributed by atoms with Gasteiger partial charge in [0.05, 0.1) is 16.3 Å². The summed E-state index contributed by atoms with van der Waals surface area (Å²) in [6.07, 6.45) is 0.724. The van der Waals surface area contributed by atoms with Crippen LogP contribution in [0.5, 0.6) is 5.88 Å². The van der Waals surface area contributed by atoms with Crippen LogP contribution in [0.2, 0.25) is 15.1 Å². The molecule has 1 atom stereocenters. The van der Waals surface area contributed by atoms with Crippen LogP contribution in [0.4, 0.5) is 0 Å². The van der Waals surface area contributed by atoms with Crippen molar-refractivity contribution in [1.82, 2.24) is 4.98 Å². The van der Waals surface area contributed by atoms with Crippen LogP contribution in [-0.2, 0) is 16.0 Å². The number of ether oxygens (including phenoxy) is 2. The topological polar surface area (TPSA) is 48.4 Å². The van der Waals surface area contributed by atoms with Gasteiger partial charge in [-0.3, -0.25) is 4.79 Å². The summed E-state index contributed by atoms with van der Waals surface area (Å²) in [4.78, 5) is 16.9. The molecule has 0 N–H and O–H groups in total. The summed E-state index contributed by atoms with van der Waals surface area (Å²) in [7, 11) is 0. The zero-order valence-corrected chi connectivity index (χ0v) is 21.1. The van der Waals surface area contributed by atoms with Gasteiger partial charge in [-0.05, 0) is 61.7 Å². The van der Waals surface area contributed by atoms with Gasteiger partial charge in [-0.15, -0.1) is 0 Å². The Morgan fingerprint density at radius 3 is 2.39 bits per heavy atom. The van der Waals surface area contributed by atoms with E-state index in [9.17, 15) is 4.79 Å². The fourth-order valence-electron chi connectivity index (χ4n) is 4.36. The first-order valence-electron chi connectivity index (χ1n) is 10.7. The first kappa shape index (κ1) is 23.9. The summed E-state index contributed by atoms with van der Waals surface area (Å²) < 4.78 is 12.1. The Morgan fingerprint density at radius 1 is 1.12 bits per heavy atom. The lowest BCUT2D eigenvalue weighted by molar-refractivity contribution is -0.150. The van der Waals surface area contributed by atoms with Gasteiger partial charge in [0.1, 0.15) is 11.7 Å². The third-order valence-corrected chi connectivity index (χ3v) is 6.46. The molecule has 0 spiro atoms. The third kappa shape index (κ3) is 4.84. The number of esters is 1. The number of nitrogens with zero attached hydrogens (tertiary/aromatic N) is 1. The molecule has 1 unspecified atom stereocenters. The SMILES string of the molecule is CCc1c(-c2ccc(Cl)cc2)c(-c2ccc(Cl)cc2Cl)nc2c1C(OC(C)=O)CC(C)(C)O2. The molecule has 1 aromatic heterocycles. The lowest BCUT2D eigenvalue weighted by Crippen LogP contribution is -2.37. The minimum atomic E-state index is -0.562. The molecule has 4 rings (SSSR count). The predicted molar refractivity (Wildman–Crippen MR) is 133 cm³/mol. The lowest BCUT2D eigenvalue weighted by Gasteiger charge is -2.38. The molecule has 3 aromatic rings. The maximum Gasteiger partial charge on any atom is 0.303 e. The van der Waals surface area contributed by atoms with E-state index < -0.39 is 11.7 Å². The van der Waals surface area contributed by atoms with Crippen LogP contribution in [0.25, 0.3) is 22.4 Å². The molecular weight excluding hydrogens is 481 g/mol. The Bertz CT molecular complexity index is 1220. The van der Waals surface area contributed by atoms with Crippen molar-refractivity contribution in [3.8, 4) is 28.3 Å². The first-order valence-corrected chi connectivity index (χ1v) is 11.9. The maximum atomic E-state index is 12.0. The number of carbonyl (C=O) groups is 1. The molecular formula is C26H24Cl3NO3. The Hall–Kier alpha value is -2.27. The molecule has 172 valence electrons. The minimum absolute atomic E-state index is 0.344. The van der Waals surface area contributed by atoms with Crippen molar-refractivity contribution in [3.63, 3.8) is 0 Å². The van der Waals surface area contributed by atoms with E-state index in [1.165, 1.54) is 6.92 Å². The van der Waals surface area contributed by atoms with E-state index in [1.54, 1.807) is 12.1 Å². The molecule has 7 heteroatoms. The van der Waals surface area contributed by atoms with Crippen LogP contribution in [0, 0.1) is 0 Å². The van der Waals surface area contributed by atoms with E-state index >= 15 is 0 Å². The number of hydrogen-bond donors (Lipinski definition) is 0. The molecule has 0 bridgehead atoms. The molecule has 0 aliphatic carbocycles. The van der Waals surface area contributed by atoms with Crippen molar-refractivity contribution in [3.05, 3.63) is 68.7 Å². The average molecular weight is 505 g/mol. The second-order valence-electron chi connectivity index (χ2n) is 8.68. The molecule has 33 heavy (non-hydrogen) atoms. The Labute approximate surface area is 208 Å². The molecule has 0 saturated heterocycles. The van der Waals surface area contributed by atoms with Gasteiger partial charge >= 0.3 is 5.97 Å². The molecule has 1 aliphatic rings. The summed E-state index contributed by atoms with van der Waals surface area (Å²) in [5, 5.41) is 1.66. The Kier molecular flexibility index (Phi) is 6.63. The van der Waals surface area contributed by atoms with Crippen molar-refractivity contribution < 1.29 is 14.3 Å². The molecule has 2 aromatic carbocycles. The van der Waals surface area contributed by atoms with E-state index in [0.29, 0.717) is 39.5 Å². The van der Waals surface area contributed by atoms with Gasteiger partial charge in [0.2, 0.25) is 5.88 Å². The van der Waals surface area contributed by atoms with Crippen LogP contribution >= 0.6 is 34.8 Å². The fraction of sp³-hybridized carbons (Fsp3) is 0.308. The van der Waals surface area contributed by atoms with Gasteiger partial charge in [-0.2, -0.15) is 0 Å². The number of fused-ring (bicyclic) bond motifs is 1. The molecule has 1 aliphatic heterocycles. The van der Waals surface area contributed by atoms with Crippen molar-refractivity contribution in [1.29, 1.82) is 0 Å². The van der Waals surface area contributed by atoms with Gasteiger partial charge in [0.25, 0.3) is 0 Å². The highest BCUT2D eigenvalue weighted by Gasteiger charge is 2.40. The number of benzene rings is 2. The summed E-state index contributed by atoms with van der Waals surface area (Å²) in [5.41, 5.74) is 4.47. The largest absolute Gasteiger partial charge is 0.471 e. The quantitative estimate of drug-likeness (QED) is 0.337. The third-order valence-electron chi connectivity index (χ3n) is 5.66. The molecule has 0 radical (unpaired) electrons. The van der Waals surface area contributed by atoms with Gasteiger partial charge < -0.3 is 9.47 Å². The van der Waals surface area contributed by atoms with Crippen LogP contribution < -0.4 is 4.74 Å². The second-order valence-corrected chi connectivity index (χ2v) is 9.96. The van der Waals surface area contributed by atoms with Crippen LogP contribution in [0.1, 0.15) is 51.3 Å². The normalized spacial score (nSPS) is 16.6. The number of pyridine rings is 1. The van der Waals surface area contributed by atoms with Crippen molar-refractivity contribution in [2.45, 2.75) is 52.2 Å². The zero-order valence-electron chi connectivity index (χ0n) is 18.8. The Balaban J connectivity index is 2.08. The predicted octanol–water partition coefficient (Wildman–Crippen LogP) is 8.10. The second kappa shape index (κ2) is 9.17. The maximum absolute atomic E-state index is 12.0. The number of rotatable bonds is 4. The number of aromatic nitrogens is 1. The molecule has 4 nitrogen and oxygen atoms in total. The lowest BCUT2D eigenvalue weighted by atomic mass is 9.84. The van der Waals surface area contributed by atoms with Gasteiger partial charge in [-0.1, -0.05) is 53.9 Å². The van der Waals surface area contributed by atoms with Gasteiger partial charge in [0, 0.05) is 34.5 Å². The average Bonchev–Trinajstić information content (AvgIpc) is 2.72. The fourth-order valence-corrected chi connectivity index (χ4v) is 4.98. The number of hydrogen-bond acceptors (Lipinski definition) is 4. The summed E-state index contributed by atoms with van der Waals surface area (Å²) in [6, 6.07) is 12.9. The summed E-state index contributed by atoms with van der Waals surface area (Å²) in [6.45, 7) is 7.40. The number of carbonyl (C=O) groups excluding carboxylic acids is 1. The van der Waals surface area contributed by atoms with Gasteiger partial charge in [0.15, 0.2) is 0 Å². The molecule has 0 saturated carbocycles. The minimum Gasteiger partial charge on any atom is -0.471 e. The molecule has 0 fully saturated rings. The monoisotopic (exact) mass is 503 g/mol. The highest BCUT2D eigenvalue weighted by Crippen LogP contribution is 2.49. The summed E-state index contributed by atoms with van der Waals surface area (Å²) >= 11 is 19.0. The highest BCUT2D eigenvalue weighted by atomic mass is 35.5. The van der Waals surface area contributed by atoms with Gasteiger partial charge in [-0.25, -0.2) is 4.98 Å². The van der Waals surface area contributed by atoms with Crippen molar-refractivity contribution >= 4 is 40.8 Å². The van der Waals surface area contributed by atoms with E-state index in [2.05, 4.69) is 6.92 Å².